The van der Waals surface area contributed by atoms with E-state index in [0.717, 1.165) is 5.56 Å². The largest absolute Gasteiger partial charge is 0.478 e. The van der Waals surface area contributed by atoms with Crippen LogP contribution < -0.4 is 0 Å². The summed E-state index contributed by atoms with van der Waals surface area (Å²) in [7, 11) is -3.80. The van der Waals surface area contributed by atoms with Crippen molar-refractivity contribution in [3.8, 4) is 0 Å². The molecule has 1 N–H and O–H groups in total. The van der Waals surface area contributed by atoms with Crippen molar-refractivity contribution in [1.29, 1.82) is 0 Å². The number of carbonyl (C=O) groups is 1. The van der Waals surface area contributed by atoms with E-state index in [4.69, 9.17) is 0 Å². The van der Waals surface area contributed by atoms with Crippen LogP contribution in [0.2, 0.25) is 0 Å². The second kappa shape index (κ2) is 5.25. The molecule has 0 fully saturated rings. The predicted molar refractivity (Wildman–Crippen MR) is 79.0 cm³/mol. The highest BCUT2D eigenvalue weighted by molar-refractivity contribution is 7.89. The molecule has 7 heteroatoms. The zero-order valence-corrected chi connectivity index (χ0v) is 12.7. The molecule has 5 nitrogen and oxygen atoms in total. The highest BCUT2D eigenvalue weighted by atomic mass is 32.2. The molecule has 0 unspecified atom stereocenters. The molecule has 0 radical (unpaired) electrons. The summed E-state index contributed by atoms with van der Waals surface area (Å²) in [5.41, 5.74) is 0.816. The van der Waals surface area contributed by atoms with Gasteiger partial charge in [-0.3, -0.25) is 0 Å². The molecular weight excluding hydrogens is 310 g/mol. The van der Waals surface area contributed by atoms with E-state index < -0.39 is 16.0 Å². The van der Waals surface area contributed by atoms with Gasteiger partial charge in [0.2, 0.25) is 10.0 Å². The maximum absolute atomic E-state index is 12.7. The van der Waals surface area contributed by atoms with Crippen LogP contribution in [0.25, 0.3) is 0 Å². The van der Waals surface area contributed by atoms with Crippen molar-refractivity contribution in [2.45, 2.75) is 17.9 Å². The molecule has 1 aliphatic rings. The smallest absolute Gasteiger partial charge is 0.337 e. The molecule has 21 heavy (non-hydrogen) atoms. The van der Waals surface area contributed by atoms with E-state index in [1.807, 2.05) is 11.4 Å². The number of carboxylic acid groups (broad SMARTS) is 1. The number of hydrogen-bond acceptors (Lipinski definition) is 4. The third-order valence-electron chi connectivity index (χ3n) is 3.51. The minimum absolute atomic E-state index is 0.142. The van der Waals surface area contributed by atoms with Gasteiger partial charge in [-0.1, -0.05) is 12.1 Å². The first-order chi connectivity index (χ1) is 10.00. The van der Waals surface area contributed by atoms with Gasteiger partial charge in [0.05, 0.1) is 10.5 Å². The molecule has 1 aromatic carbocycles. The van der Waals surface area contributed by atoms with Crippen molar-refractivity contribution in [1.82, 2.24) is 4.31 Å². The Morgan fingerprint density at radius 2 is 2.00 bits per heavy atom. The lowest BCUT2D eigenvalue weighted by Crippen LogP contribution is -2.36. The number of fused-ring (bicyclic) bond motifs is 1. The highest BCUT2D eigenvalue weighted by Gasteiger charge is 2.31. The van der Waals surface area contributed by atoms with Crippen LogP contribution in [-0.4, -0.2) is 30.3 Å². The lowest BCUT2D eigenvalue weighted by atomic mass is 10.1. The zero-order chi connectivity index (χ0) is 15.0. The number of sulfonamides is 1. The van der Waals surface area contributed by atoms with Gasteiger partial charge < -0.3 is 5.11 Å². The van der Waals surface area contributed by atoms with Crippen LogP contribution in [0.4, 0.5) is 0 Å². The molecule has 1 aromatic heterocycles. The minimum atomic E-state index is -3.80. The molecule has 0 spiro atoms. The fraction of sp³-hybridized carbons (Fsp3) is 0.214. The van der Waals surface area contributed by atoms with Gasteiger partial charge in [-0.05, 0) is 35.6 Å². The van der Waals surface area contributed by atoms with Crippen molar-refractivity contribution >= 4 is 27.3 Å². The van der Waals surface area contributed by atoms with Crippen molar-refractivity contribution in [2.75, 3.05) is 6.54 Å². The van der Waals surface area contributed by atoms with Gasteiger partial charge in [-0.25, -0.2) is 13.2 Å². The number of nitrogens with zero attached hydrogens (tertiary/aromatic N) is 1. The van der Waals surface area contributed by atoms with E-state index in [-0.39, 0.29) is 10.5 Å². The fourth-order valence-electron chi connectivity index (χ4n) is 2.44. The summed E-state index contributed by atoms with van der Waals surface area (Å²) in [5.74, 6) is -1.23. The topological polar surface area (TPSA) is 74.7 Å². The number of benzene rings is 1. The second-order valence-corrected chi connectivity index (χ2v) is 7.67. The molecule has 0 saturated heterocycles. The Labute approximate surface area is 126 Å². The van der Waals surface area contributed by atoms with Gasteiger partial charge in [0.15, 0.2) is 0 Å². The van der Waals surface area contributed by atoms with E-state index in [1.165, 1.54) is 27.4 Å². The van der Waals surface area contributed by atoms with Crippen molar-refractivity contribution in [2.24, 2.45) is 0 Å². The molecule has 2 heterocycles. The summed E-state index contributed by atoms with van der Waals surface area (Å²) in [4.78, 5) is 12.3. The van der Waals surface area contributed by atoms with Gasteiger partial charge in [-0.15, -0.1) is 11.3 Å². The van der Waals surface area contributed by atoms with Gasteiger partial charge in [-0.2, -0.15) is 4.31 Å². The number of aromatic carboxylic acids is 1. The van der Waals surface area contributed by atoms with Crippen molar-refractivity contribution in [3.63, 3.8) is 0 Å². The average molecular weight is 323 g/mol. The van der Waals surface area contributed by atoms with Crippen LogP contribution in [-0.2, 0) is 23.0 Å². The maximum atomic E-state index is 12.7. The first-order valence-corrected chi connectivity index (χ1v) is 8.70. The minimum Gasteiger partial charge on any atom is -0.478 e. The Morgan fingerprint density at radius 3 is 2.76 bits per heavy atom. The van der Waals surface area contributed by atoms with Crippen LogP contribution in [0.1, 0.15) is 20.8 Å². The van der Waals surface area contributed by atoms with Crippen LogP contribution in [0, 0.1) is 0 Å². The van der Waals surface area contributed by atoms with Crippen molar-refractivity contribution < 1.29 is 18.3 Å². The first-order valence-electron chi connectivity index (χ1n) is 6.38. The molecule has 0 saturated carbocycles. The second-order valence-electron chi connectivity index (χ2n) is 4.76. The van der Waals surface area contributed by atoms with E-state index in [0.29, 0.717) is 19.5 Å². The Hall–Kier alpha value is -1.70. The lowest BCUT2D eigenvalue weighted by molar-refractivity contribution is 0.0692. The summed E-state index contributed by atoms with van der Waals surface area (Å²) in [6.45, 7) is 0.679. The van der Waals surface area contributed by atoms with Crippen molar-refractivity contribution in [3.05, 3.63) is 51.7 Å². The van der Waals surface area contributed by atoms with Crippen LogP contribution in [0.5, 0.6) is 0 Å². The normalized spacial score (nSPS) is 15.6. The van der Waals surface area contributed by atoms with Crippen LogP contribution in [0.3, 0.4) is 0 Å². The first kappa shape index (κ1) is 14.2. The Morgan fingerprint density at radius 1 is 1.24 bits per heavy atom. The SMILES string of the molecule is O=C(O)c1ccccc1S(=O)(=O)N1CCc2sccc2C1. The van der Waals surface area contributed by atoms with E-state index >= 15 is 0 Å². The van der Waals surface area contributed by atoms with Gasteiger partial charge in [0.1, 0.15) is 0 Å². The monoisotopic (exact) mass is 323 g/mol. The number of hydrogen-bond donors (Lipinski definition) is 1. The standard InChI is InChI=1S/C14H13NO4S2/c16-14(17)11-3-1-2-4-13(11)21(18,19)15-7-5-12-10(9-15)6-8-20-12/h1-4,6,8H,5,7,9H2,(H,16,17). The average Bonchev–Trinajstić information content (AvgIpc) is 2.94. The molecular formula is C14H13NO4S2. The van der Waals surface area contributed by atoms with Gasteiger partial charge in [0, 0.05) is 18.0 Å². The highest BCUT2D eigenvalue weighted by Crippen LogP contribution is 2.29. The fourth-order valence-corrected chi connectivity index (χ4v) is 4.93. The van der Waals surface area contributed by atoms with Gasteiger partial charge >= 0.3 is 5.97 Å². The molecule has 3 rings (SSSR count). The Kier molecular flexibility index (Phi) is 3.56. The summed E-state index contributed by atoms with van der Waals surface area (Å²) in [6.07, 6.45) is 0.668. The quantitative estimate of drug-likeness (QED) is 0.939. The number of thiophene rings is 1. The number of carboxylic acids is 1. The lowest BCUT2D eigenvalue weighted by Gasteiger charge is -2.26. The van der Waals surface area contributed by atoms with Crippen LogP contribution in [0.15, 0.2) is 40.6 Å². The van der Waals surface area contributed by atoms with E-state index in [1.54, 1.807) is 17.4 Å². The molecule has 2 aromatic rings. The Balaban J connectivity index is 2.01. The van der Waals surface area contributed by atoms with Gasteiger partial charge in [0.25, 0.3) is 0 Å². The summed E-state index contributed by atoms with van der Waals surface area (Å²) in [5, 5.41) is 11.1. The van der Waals surface area contributed by atoms with E-state index in [9.17, 15) is 18.3 Å². The molecule has 1 aliphatic heterocycles. The summed E-state index contributed by atoms with van der Waals surface area (Å²) >= 11 is 1.63. The third kappa shape index (κ3) is 2.48. The van der Waals surface area contributed by atoms with Crippen LogP contribution >= 0.6 is 11.3 Å². The molecule has 110 valence electrons. The Bertz CT molecular complexity index is 795. The summed E-state index contributed by atoms with van der Waals surface area (Å²) < 4.78 is 26.8. The summed E-state index contributed by atoms with van der Waals surface area (Å²) in [6, 6.07) is 7.65. The molecule has 0 atom stereocenters. The zero-order valence-electron chi connectivity index (χ0n) is 11.0. The maximum Gasteiger partial charge on any atom is 0.337 e. The molecule has 0 bridgehead atoms. The molecule has 0 aliphatic carbocycles. The number of rotatable bonds is 3. The van der Waals surface area contributed by atoms with E-state index in [2.05, 4.69) is 0 Å². The molecule has 0 amide bonds. The third-order valence-corrected chi connectivity index (χ3v) is 6.43. The predicted octanol–water partition coefficient (Wildman–Crippen LogP) is 2.19.